The van der Waals surface area contributed by atoms with Crippen LogP contribution in [0.25, 0.3) is 11.3 Å². The highest BCUT2D eigenvalue weighted by atomic mass is 35.5. The van der Waals surface area contributed by atoms with E-state index in [9.17, 15) is 5.26 Å². The second-order valence-electron chi connectivity index (χ2n) is 6.52. The van der Waals surface area contributed by atoms with Crippen LogP contribution < -0.4 is 10.6 Å². The Labute approximate surface area is 194 Å². The number of halogens is 2. The smallest absolute Gasteiger partial charge is 0.223 e. The lowest BCUT2D eigenvalue weighted by molar-refractivity contribution is 0.971. The standard InChI is InChI=1S/C22H16Cl2N6S/c23-17-4-3-15(10-18(17)24)20-13-31-21(29-20)16(11-25)19-6-9-28-22(30-19)27-8-5-14-2-1-7-26-12-14/h1-4,6-7,9-10,12-13,29H,5,8H2,(H,27,28,30)/b21-16+. The van der Waals surface area contributed by atoms with Crippen molar-refractivity contribution >= 4 is 52.2 Å². The van der Waals surface area contributed by atoms with Gasteiger partial charge in [0, 0.05) is 36.1 Å². The molecule has 0 unspecified atom stereocenters. The minimum Gasteiger partial charge on any atom is -0.354 e. The van der Waals surface area contributed by atoms with Crippen molar-refractivity contribution in [2.45, 2.75) is 6.42 Å². The van der Waals surface area contributed by atoms with Crippen LogP contribution in [0.4, 0.5) is 5.95 Å². The van der Waals surface area contributed by atoms with Crippen LogP contribution in [0.15, 0.2) is 65.4 Å². The normalized spacial score (nSPS) is 14.4. The van der Waals surface area contributed by atoms with Gasteiger partial charge in [-0.05, 0) is 36.2 Å². The van der Waals surface area contributed by atoms with E-state index in [0.717, 1.165) is 23.2 Å². The molecule has 0 saturated heterocycles. The molecular weight excluding hydrogens is 451 g/mol. The first-order valence-corrected chi connectivity index (χ1v) is 11.0. The topological polar surface area (TPSA) is 86.5 Å². The Kier molecular flexibility index (Phi) is 6.73. The third kappa shape index (κ3) is 5.17. The van der Waals surface area contributed by atoms with Gasteiger partial charge in [-0.15, -0.1) is 0 Å². The molecule has 0 fully saturated rings. The molecule has 3 aromatic rings. The molecule has 31 heavy (non-hydrogen) atoms. The van der Waals surface area contributed by atoms with Crippen molar-refractivity contribution < 1.29 is 0 Å². The van der Waals surface area contributed by atoms with Gasteiger partial charge in [-0.25, -0.2) is 9.97 Å². The number of pyridine rings is 1. The SMILES string of the molecule is N#C/C(=C1/NC(c2ccc(Cl)c(Cl)c2)=CS1)c1ccnc(NCCc2cccnc2)n1. The van der Waals surface area contributed by atoms with Crippen molar-refractivity contribution in [1.29, 1.82) is 5.26 Å². The number of allylic oxidation sites excluding steroid dienone is 1. The third-order valence-corrected chi connectivity index (χ3v) is 6.08. The average Bonchev–Trinajstić information content (AvgIpc) is 3.27. The number of nitrogens with one attached hydrogen (secondary N) is 2. The number of anilines is 1. The largest absolute Gasteiger partial charge is 0.354 e. The summed E-state index contributed by atoms with van der Waals surface area (Å²) in [6, 6.07) is 13.3. The molecule has 0 aliphatic carbocycles. The van der Waals surface area contributed by atoms with Crippen molar-refractivity contribution in [3.8, 4) is 6.07 Å². The first-order valence-electron chi connectivity index (χ1n) is 9.34. The molecule has 154 valence electrons. The summed E-state index contributed by atoms with van der Waals surface area (Å²) in [6.07, 6.45) is 6.01. The maximum Gasteiger partial charge on any atom is 0.223 e. The van der Waals surface area contributed by atoms with Gasteiger partial charge >= 0.3 is 0 Å². The van der Waals surface area contributed by atoms with Crippen LogP contribution in [0.1, 0.15) is 16.8 Å². The van der Waals surface area contributed by atoms with E-state index >= 15 is 0 Å². The zero-order chi connectivity index (χ0) is 21.6. The van der Waals surface area contributed by atoms with Crippen molar-refractivity contribution in [1.82, 2.24) is 20.3 Å². The number of nitrogens with zero attached hydrogens (tertiary/aromatic N) is 4. The number of hydrogen-bond donors (Lipinski definition) is 2. The Bertz CT molecular complexity index is 1200. The molecule has 0 radical (unpaired) electrons. The Balaban J connectivity index is 1.48. The zero-order valence-corrected chi connectivity index (χ0v) is 18.5. The van der Waals surface area contributed by atoms with Gasteiger partial charge in [-0.1, -0.05) is 47.1 Å². The quantitative estimate of drug-likeness (QED) is 0.472. The van der Waals surface area contributed by atoms with Crippen molar-refractivity contribution in [2.24, 2.45) is 0 Å². The molecule has 2 N–H and O–H groups in total. The molecule has 9 heteroatoms. The van der Waals surface area contributed by atoms with E-state index in [4.69, 9.17) is 23.2 Å². The first-order chi connectivity index (χ1) is 15.1. The van der Waals surface area contributed by atoms with Crippen LogP contribution in [0.5, 0.6) is 0 Å². The predicted molar refractivity (Wildman–Crippen MR) is 126 cm³/mol. The highest BCUT2D eigenvalue weighted by Gasteiger charge is 2.19. The van der Waals surface area contributed by atoms with Crippen molar-refractivity contribution in [3.05, 3.63) is 92.3 Å². The fourth-order valence-electron chi connectivity index (χ4n) is 2.90. The summed E-state index contributed by atoms with van der Waals surface area (Å²) < 4.78 is 0. The molecule has 0 bridgehead atoms. The lowest BCUT2D eigenvalue weighted by Crippen LogP contribution is -2.10. The number of hydrogen-bond acceptors (Lipinski definition) is 7. The lowest BCUT2D eigenvalue weighted by atomic mass is 10.1. The summed E-state index contributed by atoms with van der Waals surface area (Å²) in [5.74, 6) is 0.468. The summed E-state index contributed by atoms with van der Waals surface area (Å²) in [4.78, 5) is 12.9. The highest BCUT2D eigenvalue weighted by molar-refractivity contribution is 8.06. The summed E-state index contributed by atoms with van der Waals surface area (Å²) in [5.41, 5.74) is 3.83. The number of aromatic nitrogens is 3. The van der Waals surface area contributed by atoms with E-state index in [0.29, 0.717) is 38.8 Å². The molecular formula is C22H16Cl2N6S. The summed E-state index contributed by atoms with van der Waals surface area (Å²) in [5, 5.41) is 19.9. The Hall–Kier alpha value is -3.05. The Morgan fingerprint density at radius 2 is 2.06 bits per heavy atom. The van der Waals surface area contributed by atoms with Crippen LogP contribution in [-0.4, -0.2) is 21.5 Å². The minimum atomic E-state index is 0.439. The first kappa shape index (κ1) is 21.2. The Morgan fingerprint density at radius 3 is 2.84 bits per heavy atom. The Morgan fingerprint density at radius 1 is 1.16 bits per heavy atom. The number of benzene rings is 1. The van der Waals surface area contributed by atoms with Crippen LogP contribution in [0.3, 0.4) is 0 Å². The molecule has 4 rings (SSSR count). The summed E-state index contributed by atoms with van der Waals surface area (Å²) in [6.45, 7) is 0.656. The van der Waals surface area contributed by atoms with E-state index in [-0.39, 0.29) is 0 Å². The van der Waals surface area contributed by atoms with Crippen LogP contribution in [0.2, 0.25) is 10.0 Å². The molecule has 6 nitrogen and oxygen atoms in total. The van der Waals surface area contributed by atoms with Gasteiger partial charge in [-0.3, -0.25) is 4.98 Å². The number of rotatable bonds is 6. The van der Waals surface area contributed by atoms with Gasteiger partial charge in [0.1, 0.15) is 11.6 Å². The minimum absolute atomic E-state index is 0.439. The van der Waals surface area contributed by atoms with Gasteiger partial charge in [0.05, 0.1) is 26.5 Å². The van der Waals surface area contributed by atoms with Crippen molar-refractivity contribution in [3.63, 3.8) is 0 Å². The second-order valence-corrected chi connectivity index (χ2v) is 8.22. The van der Waals surface area contributed by atoms with Crippen LogP contribution in [-0.2, 0) is 6.42 Å². The van der Waals surface area contributed by atoms with E-state index in [2.05, 4.69) is 31.7 Å². The lowest BCUT2D eigenvalue weighted by Gasteiger charge is -2.09. The summed E-state index contributed by atoms with van der Waals surface area (Å²) in [7, 11) is 0. The maximum absolute atomic E-state index is 9.78. The molecule has 1 aromatic carbocycles. The van der Waals surface area contributed by atoms with Gasteiger partial charge in [-0.2, -0.15) is 5.26 Å². The molecule has 0 amide bonds. The molecule has 1 aliphatic heterocycles. The van der Waals surface area contributed by atoms with Crippen molar-refractivity contribution in [2.75, 3.05) is 11.9 Å². The molecule has 2 aromatic heterocycles. The monoisotopic (exact) mass is 466 g/mol. The van der Waals surface area contributed by atoms with E-state index in [1.807, 2.05) is 29.8 Å². The van der Waals surface area contributed by atoms with Crippen LogP contribution >= 0.6 is 35.0 Å². The van der Waals surface area contributed by atoms with E-state index in [1.54, 1.807) is 30.6 Å². The fraction of sp³-hybridized carbons (Fsp3) is 0.0909. The number of nitriles is 1. The predicted octanol–water partition coefficient (Wildman–Crippen LogP) is 5.36. The molecule has 0 spiro atoms. The maximum atomic E-state index is 9.78. The van der Waals surface area contributed by atoms with Crippen LogP contribution in [0, 0.1) is 11.3 Å². The van der Waals surface area contributed by atoms with Gasteiger partial charge in [0.25, 0.3) is 0 Å². The van der Waals surface area contributed by atoms with Gasteiger partial charge in [0.2, 0.25) is 5.95 Å². The molecule has 0 atom stereocenters. The molecule has 3 heterocycles. The number of thioether (sulfide) groups is 1. The molecule has 1 aliphatic rings. The average molecular weight is 467 g/mol. The fourth-order valence-corrected chi connectivity index (χ4v) is 4.06. The van der Waals surface area contributed by atoms with Gasteiger partial charge in [0.15, 0.2) is 0 Å². The van der Waals surface area contributed by atoms with E-state index < -0.39 is 0 Å². The zero-order valence-electron chi connectivity index (χ0n) is 16.1. The molecule has 0 saturated carbocycles. The van der Waals surface area contributed by atoms with Gasteiger partial charge < -0.3 is 10.6 Å². The summed E-state index contributed by atoms with van der Waals surface area (Å²) >= 11 is 13.6. The van der Waals surface area contributed by atoms with E-state index in [1.165, 1.54) is 11.8 Å². The third-order valence-electron chi connectivity index (χ3n) is 4.44. The highest BCUT2D eigenvalue weighted by Crippen LogP contribution is 2.36. The second kappa shape index (κ2) is 9.84.